The molecule has 1 aromatic heterocycles. The summed E-state index contributed by atoms with van der Waals surface area (Å²) in [6, 6.07) is 6.65. The van der Waals surface area contributed by atoms with Crippen molar-refractivity contribution < 1.29 is 9.47 Å². The molecule has 1 aliphatic rings. The molecule has 21 heavy (non-hydrogen) atoms. The Labute approximate surface area is 124 Å². The van der Waals surface area contributed by atoms with Crippen molar-refractivity contribution in [3.05, 3.63) is 46.8 Å². The number of methoxy groups -OCH3 is 1. The van der Waals surface area contributed by atoms with Gasteiger partial charge >= 0.3 is 6.01 Å². The highest BCUT2D eigenvalue weighted by Crippen LogP contribution is 2.34. The number of aromatic nitrogens is 2. The van der Waals surface area contributed by atoms with E-state index in [1.807, 2.05) is 25.3 Å². The molecule has 0 aliphatic carbocycles. The van der Waals surface area contributed by atoms with Crippen LogP contribution in [0.2, 0.25) is 0 Å². The van der Waals surface area contributed by atoms with E-state index in [-0.39, 0.29) is 6.04 Å². The number of benzene rings is 1. The van der Waals surface area contributed by atoms with Gasteiger partial charge in [0.25, 0.3) is 0 Å². The van der Waals surface area contributed by atoms with Crippen LogP contribution < -0.4 is 14.8 Å². The van der Waals surface area contributed by atoms with Gasteiger partial charge in [0.05, 0.1) is 25.5 Å². The topological polar surface area (TPSA) is 56.3 Å². The Morgan fingerprint density at radius 3 is 2.95 bits per heavy atom. The molecule has 5 heteroatoms. The molecular formula is C16H19N3O2. The maximum absolute atomic E-state index is 5.41. The fraction of sp³-hybridized carbons (Fsp3) is 0.375. The zero-order valence-corrected chi connectivity index (χ0v) is 12.5. The molecule has 5 nitrogen and oxygen atoms in total. The Balaban J connectivity index is 1.98. The number of ether oxygens (including phenoxy) is 2. The summed E-state index contributed by atoms with van der Waals surface area (Å²) in [5.41, 5.74) is 4.44. The van der Waals surface area contributed by atoms with Gasteiger partial charge in [0.15, 0.2) is 0 Å². The Hall–Kier alpha value is -2.14. The van der Waals surface area contributed by atoms with E-state index in [0.29, 0.717) is 12.6 Å². The molecule has 0 unspecified atom stereocenters. The summed E-state index contributed by atoms with van der Waals surface area (Å²) in [4.78, 5) is 8.75. The van der Waals surface area contributed by atoms with Crippen molar-refractivity contribution in [2.45, 2.75) is 26.4 Å². The highest BCUT2D eigenvalue weighted by atomic mass is 16.5. The Kier molecular flexibility index (Phi) is 3.75. The van der Waals surface area contributed by atoms with Crippen molar-refractivity contribution in [3.63, 3.8) is 0 Å². The van der Waals surface area contributed by atoms with Crippen LogP contribution in [0.25, 0.3) is 0 Å². The van der Waals surface area contributed by atoms with E-state index in [2.05, 4.69) is 28.3 Å². The van der Waals surface area contributed by atoms with Gasteiger partial charge in [0.2, 0.25) is 0 Å². The second-order valence-electron chi connectivity index (χ2n) is 4.98. The second-order valence-corrected chi connectivity index (χ2v) is 4.98. The van der Waals surface area contributed by atoms with E-state index in [1.54, 1.807) is 7.11 Å². The lowest BCUT2D eigenvalue weighted by Gasteiger charge is -2.17. The first-order valence-electron chi connectivity index (χ1n) is 7.10. The molecule has 0 amide bonds. The van der Waals surface area contributed by atoms with Gasteiger partial charge in [0, 0.05) is 18.3 Å². The van der Waals surface area contributed by atoms with E-state index in [9.17, 15) is 0 Å². The minimum atomic E-state index is 0.103. The van der Waals surface area contributed by atoms with Crippen LogP contribution in [0.1, 0.15) is 35.3 Å². The molecule has 0 fully saturated rings. The van der Waals surface area contributed by atoms with E-state index >= 15 is 0 Å². The van der Waals surface area contributed by atoms with Gasteiger partial charge in [-0.15, -0.1) is 0 Å². The summed E-state index contributed by atoms with van der Waals surface area (Å²) in [6.07, 6.45) is 1.86. The fourth-order valence-electron chi connectivity index (χ4n) is 2.74. The summed E-state index contributed by atoms with van der Waals surface area (Å²) in [5.74, 6) is 0.898. The fourth-order valence-corrected chi connectivity index (χ4v) is 2.74. The summed E-state index contributed by atoms with van der Waals surface area (Å²) in [7, 11) is 1.69. The molecule has 2 aromatic rings. The Morgan fingerprint density at radius 1 is 1.33 bits per heavy atom. The van der Waals surface area contributed by atoms with Gasteiger partial charge in [0.1, 0.15) is 5.75 Å². The number of hydrogen-bond donors (Lipinski definition) is 1. The summed E-state index contributed by atoms with van der Waals surface area (Å²) in [6.45, 7) is 5.30. The number of hydrogen-bond acceptors (Lipinski definition) is 5. The van der Waals surface area contributed by atoms with E-state index in [0.717, 1.165) is 29.1 Å². The summed E-state index contributed by atoms with van der Waals surface area (Å²) in [5, 5.41) is 3.49. The predicted octanol–water partition coefficient (Wildman–Crippen LogP) is 2.38. The summed E-state index contributed by atoms with van der Waals surface area (Å²) < 4.78 is 10.8. The minimum Gasteiger partial charge on any atom is -0.496 e. The first kappa shape index (κ1) is 13.8. The van der Waals surface area contributed by atoms with E-state index in [4.69, 9.17) is 9.47 Å². The molecule has 1 atom stereocenters. The first-order valence-corrected chi connectivity index (χ1v) is 7.10. The average Bonchev–Trinajstić information content (AvgIpc) is 2.91. The maximum Gasteiger partial charge on any atom is 0.316 e. The highest BCUT2D eigenvalue weighted by molar-refractivity contribution is 5.46. The van der Waals surface area contributed by atoms with Crippen LogP contribution in [0.15, 0.2) is 24.4 Å². The molecule has 0 radical (unpaired) electrons. The monoisotopic (exact) mass is 285 g/mol. The van der Waals surface area contributed by atoms with Crippen molar-refractivity contribution in [1.82, 2.24) is 15.3 Å². The van der Waals surface area contributed by atoms with Crippen molar-refractivity contribution in [2.24, 2.45) is 0 Å². The van der Waals surface area contributed by atoms with E-state index < -0.39 is 0 Å². The molecule has 2 heterocycles. The zero-order valence-electron chi connectivity index (χ0n) is 12.5. The molecular weight excluding hydrogens is 266 g/mol. The van der Waals surface area contributed by atoms with Crippen molar-refractivity contribution in [2.75, 3.05) is 13.7 Å². The molecule has 3 rings (SSSR count). The zero-order chi connectivity index (χ0) is 14.8. The van der Waals surface area contributed by atoms with Crippen LogP contribution in [0, 0.1) is 6.92 Å². The van der Waals surface area contributed by atoms with Gasteiger partial charge < -0.3 is 14.8 Å². The molecule has 1 N–H and O–H groups in total. The van der Waals surface area contributed by atoms with Crippen LogP contribution >= 0.6 is 0 Å². The van der Waals surface area contributed by atoms with Gasteiger partial charge in [-0.25, -0.2) is 4.98 Å². The second kappa shape index (κ2) is 5.69. The van der Waals surface area contributed by atoms with Crippen molar-refractivity contribution >= 4 is 0 Å². The predicted molar refractivity (Wildman–Crippen MR) is 79.6 cm³/mol. The van der Waals surface area contributed by atoms with Crippen molar-refractivity contribution in [3.8, 4) is 11.8 Å². The SMILES string of the molecule is CCOc1ncc2c(n1)CN[C@@H]2c1cccc(OC)c1C. The molecule has 1 aromatic carbocycles. The Bertz CT molecular complexity index is 658. The number of rotatable bonds is 4. The third-order valence-corrected chi connectivity index (χ3v) is 3.79. The smallest absolute Gasteiger partial charge is 0.316 e. The van der Waals surface area contributed by atoms with Crippen LogP contribution in [0.3, 0.4) is 0 Å². The number of nitrogens with one attached hydrogen (secondary N) is 1. The number of nitrogens with zero attached hydrogens (tertiary/aromatic N) is 2. The molecule has 0 saturated carbocycles. The molecule has 0 saturated heterocycles. The standard InChI is InChI=1S/C16H19N3O2/c1-4-21-16-18-8-12-13(19-16)9-17-15(12)11-6-5-7-14(20-3)10(11)2/h5-8,15,17H,4,9H2,1-3H3/t15-/m1/s1. The maximum atomic E-state index is 5.41. The van der Waals surface area contributed by atoms with Crippen LogP contribution in [0.5, 0.6) is 11.8 Å². The van der Waals surface area contributed by atoms with Crippen LogP contribution in [-0.4, -0.2) is 23.7 Å². The number of fused-ring (bicyclic) bond motifs is 1. The molecule has 0 spiro atoms. The van der Waals surface area contributed by atoms with Gasteiger partial charge in [-0.3, -0.25) is 0 Å². The lowest BCUT2D eigenvalue weighted by Crippen LogP contribution is -2.14. The molecule has 0 bridgehead atoms. The lowest BCUT2D eigenvalue weighted by molar-refractivity contribution is 0.311. The normalized spacial score (nSPS) is 16.6. The van der Waals surface area contributed by atoms with Crippen LogP contribution in [-0.2, 0) is 6.54 Å². The molecule has 110 valence electrons. The minimum absolute atomic E-state index is 0.103. The van der Waals surface area contributed by atoms with Crippen LogP contribution in [0.4, 0.5) is 0 Å². The quantitative estimate of drug-likeness (QED) is 0.934. The summed E-state index contributed by atoms with van der Waals surface area (Å²) >= 11 is 0. The average molecular weight is 285 g/mol. The highest BCUT2D eigenvalue weighted by Gasteiger charge is 2.27. The third kappa shape index (κ3) is 2.45. The molecule has 1 aliphatic heterocycles. The van der Waals surface area contributed by atoms with Crippen molar-refractivity contribution in [1.29, 1.82) is 0 Å². The van der Waals surface area contributed by atoms with Gasteiger partial charge in [-0.2, -0.15) is 4.98 Å². The third-order valence-electron chi connectivity index (χ3n) is 3.79. The first-order chi connectivity index (χ1) is 10.2. The lowest BCUT2D eigenvalue weighted by atomic mass is 9.97. The van der Waals surface area contributed by atoms with Gasteiger partial charge in [-0.1, -0.05) is 12.1 Å². The van der Waals surface area contributed by atoms with Gasteiger partial charge in [-0.05, 0) is 31.0 Å². The van der Waals surface area contributed by atoms with E-state index in [1.165, 1.54) is 5.56 Å². The largest absolute Gasteiger partial charge is 0.496 e. The Morgan fingerprint density at radius 2 is 2.19 bits per heavy atom.